The number of fused-ring (bicyclic) bond motifs is 1. The van der Waals surface area contributed by atoms with Crippen LogP contribution in [0.5, 0.6) is 5.88 Å². The molecule has 1 aliphatic rings. The van der Waals surface area contributed by atoms with E-state index in [1.165, 1.54) is 6.20 Å². The number of nitrogens with zero attached hydrogens (tertiary/aromatic N) is 4. The zero-order chi connectivity index (χ0) is 32.1. The second-order valence-corrected chi connectivity index (χ2v) is 13.5. The van der Waals surface area contributed by atoms with E-state index >= 15 is 0 Å². The Balaban J connectivity index is 1.29. The van der Waals surface area contributed by atoms with E-state index in [1.54, 1.807) is 24.3 Å². The van der Waals surface area contributed by atoms with Gasteiger partial charge in [0.05, 0.1) is 46.4 Å². The number of carboxylic acid groups (broad SMARTS) is 1. The first-order valence-corrected chi connectivity index (χ1v) is 15.5. The second kappa shape index (κ2) is 11.8. The highest BCUT2D eigenvalue weighted by atomic mass is 35.5. The highest BCUT2D eigenvalue weighted by molar-refractivity contribution is 7.11. The van der Waals surface area contributed by atoms with Crippen molar-refractivity contribution in [2.75, 3.05) is 13.2 Å². The van der Waals surface area contributed by atoms with Crippen LogP contribution in [0.2, 0.25) is 5.02 Å². The molecule has 2 aromatic carbocycles. The third kappa shape index (κ3) is 6.29. The molecular weight excluding hydrogens is 622 g/mol. The van der Waals surface area contributed by atoms with Crippen LogP contribution in [0.15, 0.2) is 54.7 Å². The molecule has 1 aliphatic heterocycles. The van der Waals surface area contributed by atoms with Crippen molar-refractivity contribution in [2.24, 2.45) is 5.41 Å². The van der Waals surface area contributed by atoms with Crippen molar-refractivity contribution in [3.05, 3.63) is 92.1 Å². The van der Waals surface area contributed by atoms with Crippen LogP contribution >= 0.6 is 22.9 Å². The first kappa shape index (κ1) is 31.1. The lowest BCUT2D eigenvalue weighted by molar-refractivity contribution is 0.0213. The number of thiazole rings is 1. The number of aryl methyl sites for hydroxylation is 1. The Bertz CT molecular complexity index is 1920. The molecule has 4 heterocycles. The van der Waals surface area contributed by atoms with Crippen LogP contribution < -0.4 is 4.74 Å². The molecule has 0 amide bonds. The number of hydrogen-bond acceptors (Lipinski definition) is 7. The molecule has 1 saturated heterocycles. The second-order valence-electron chi connectivity index (χ2n) is 12.0. The maximum Gasteiger partial charge on any atom is 0.335 e. The van der Waals surface area contributed by atoms with Crippen LogP contribution in [-0.4, -0.2) is 43.8 Å². The molecule has 1 fully saturated rings. The molecule has 234 valence electrons. The predicted octanol–water partition coefficient (Wildman–Crippen LogP) is 8.09. The topological polar surface area (TPSA) is 99.4 Å². The van der Waals surface area contributed by atoms with E-state index in [0.29, 0.717) is 46.8 Å². The fourth-order valence-corrected chi connectivity index (χ4v) is 6.60. The third-order valence-corrected chi connectivity index (χ3v) is 9.54. The summed E-state index contributed by atoms with van der Waals surface area (Å²) in [6, 6.07) is 14.2. The largest absolute Gasteiger partial charge is 0.478 e. The Hall–Kier alpha value is -3.93. The van der Waals surface area contributed by atoms with Gasteiger partial charge in [-0.3, -0.25) is 0 Å². The van der Waals surface area contributed by atoms with E-state index in [4.69, 9.17) is 26.1 Å². The number of carboxylic acids is 1. The SMILES string of the molecule is Cc1cc(Cc2nc3ccc(C(=O)O)cc3n2[C@@H]2COCC2(C)C)c(Cl)cc1-c1cccc(OCc2ncc(C(C)(F)F)s2)n1. The van der Waals surface area contributed by atoms with Gasteiger partial charge in [0.2, 0.25) is 5.88 Å². The first-order valence-electron chi connectivity index (χ1n) is 14.3. The molecule has 0 unspecified atom stereocenters. The maximum absolute atomic E-state index is 13.6. The molecule has 0 aliphatic carbocycles. The number of carbonyl (C=O) groups is 1. The smallest absolute Gasteiger partial charge is 0.335 e. The van der Waals surface area contributed by atoms with Gasteiger partial charge in [0.15, 0.2) is 0 Å². The van der Waals surface area contributed by atoms with Crippen molar-refractivity contribution in [3.63, 3.8) is 0 Å². The zero-order valence-electron chi connectivity index (χ0n) is 25.1. The van der Waals surface area contributed by atoms with Gasteiger partial charge in [-0.15, -0.1) is 11.3 Å². The summed E-state index contributed by atoms with van der Waals surface area (Å²) in [5.41, 5.74) is 4.74. The van der Waals surface area contributed by atoms with E-state index in [2.05, 4.69) is 28.4 Å². The van der Waals surface area contributed by atoms with Gasteiger partial charge in [0.1, 0.15) is 17.4 Å². The lowest BCUT2D eigenvalue weighted by atomic mass is 9.87. The van der Waals surface area contributed by atoms with Crippen molar-refractivity contribution in [3.8, 4) is 17.1 Å². The Morgan fingerprint density at radius 2 is 2.02 bits per heavy atom. The van der Waals surface area contributed by atoms with Crippen LogP contribution in [0, 0.1) is 12.3 Å². The number of hydrogen-bond donors (Lipinski definition) is 1. The summed E-state index contributed by atoms with van der Waals surface area (Å²) in [6.45, 7) is 8.18. The number of rotatable bonds is 9. The number of imidazole rings is 1. The van der Waals surface area contributed by atoms with Gasteiger partial charge in [0.25, 0.3) is 5.92 Å². The van der Waals surface area contributed by atoms with Gasteiger partial charge in [0, 0.05) is 41.6 Å². The summed E-state index contributed by atoms with van der Waals surface area (Å²) in [4.78, 5) is 25.3. The molecule has 5 aromatic rings. The Kier molecular flexibility index (Phi) is 8.13. The third-order valence-electron chi connectivity index (χ3n) is 8.04. The predicted molar refractivity (Wildman–Crippen MR) is 169 cm³/mol. The minimum Gasteiger partial charge on any atom is -0.478 e. The Morgan fingerprint density at radius 3 is 2.71 bits per heavy atom. The molecule has 0 spiro atoms. The van der Waals surface area contributed by atoms with Crippen LogP contribution in [0.25, 0.3) is 22.3 Å². The van der Waals surface area contributed by atoms with Gasteiger partial charge < -0.3 is 19.1 Å². The van der Waals surface area contributed by atoms with Gasteiger partial charge >= 0.3 is 5.97 Å². The summed E-state index contributed by atoms with van der Waals surface area (Å²) < 4.78 is 40.9. The minimum atomic E-state index is -2.95. The fraction of sp³-hybridized carbons (Fsp3) is 0.333. The molecule has 1 atom stereocenters. The van der Waals surface area contributed by atoms with Gasteiger partial charge in [-0.1, -0.05) is 37.6 Å². The number of alkyl halides is 2. The summed E-state index contributed by atoms with van der Waals surface area (Å²) in [5.74, 6) is -2.84. The van der Waals surface area contributed by atoms with Gasteiger partial charge in [-0.25, -0.2) is 28.5 Å². The fourth-order valence-electron chi connectivity index (χ4n) is 5.61. The average Bonchev–Trinajstić information content (AvgIpc) is 3.69. The van der Waals surface area contributed by atoms with Crippen molar-refractivity contribution in [1.82, 2.24) is 19.5 Å². The number of pyridine rings is 1. The van der Waals surface area contributed by atoms with E-state index in [-0.39, 0.29) is 28.5 Å². The molecule has 1 N–H and O–H groups in total. The molecule has 45 heavy (non-hydrogen) atoms. The van der Waals surface area contributed by atoms with Gasteiger partial charge in [-0.2, -0.15) is 0 Å². The number of aromatic carboxylic acids is 1. The van der Waals surface area contributed by atoms with Crippen LogP contribution in [-0.2, 0) is 23.7 Å². The molecule has 8 nitrogen and oxygen atoms in total. The Labute approximate surface area is 267 Å². The van der Waals surface area contributed by atoms with E-state index in [0.717, 1.165) is 46.3 Å². The lowest BCUT2D eigenvalue weighted by Gasteiger charge is -2.28. The van der Waals surface area contributed by atoms with Crippen molar-refractivity contribution in [2.45, 2.75) is 52.7 Å². The maximum atomic E-state index is 13.6. The molecule has 0 radical (unpaired) electrons. The average molecular weight is 653 g/mol. The van der Waals surface area contributed by atoms with E-state index in [9.17, 15) is 18.7 Å². The summed E-state index contributed by atoms with van der Waals surface area (Å²) in [6.07, 6.45) is 1.59. The van der Waals surface area contributed by atoms with Crippen molar-refractivity contribution < 1.29 is 28.2 Å². The highest BCUT2D eigenvalue weighted by Gasteiger charge is 2.39. The summed E-state index contributed by atoms with van der Waals surface area (Å²) in [5, 5.41) is 10.6. The molecule has 12 heteroatoms. The number of aromatic nitrogens is 4. The standard InChI is InChI=1S/C33H31ClF2N4O4S/c1-18-10-20(12-28-38-24-9-8-19(31(41)42)11-25(24)40(28)26-15-43-17-32(26,2)3)22(34)13-21(18)23-6-5-7-29(39-23)44-16-30-37-14-27(45-30)33(4,35)36/h5-11,13-14,26H,12,15-17H2,1-4H3,(H,41,42)/t26-/m1/s1. The number of benzene rings is 2. The quantitative estimate of drug-likeness (QED) is 0.172. The van der Waals surface area contributed by atoms with E-state index in [1.807, 2.05) is 31.2 Å². The summed E-state index contributed by atoms with van der Waals surface area (Å²) >= 11 is 7.80. The summed E-state index contributed by atoms with van der Waals surface area (Å²) in [7, 11) is 0. The van der Waals surface area contributed by atoms with Crippen LogP contribution in [0.4, 0.5) is 8.78 Å². The Morgan fingerprint density at radius 1 is 1.22 bits per heavy atom. The van der Waals surface area contributed by atoms with Crippen molar-refractivity contribution >= 4 is 39.9 Å². The monoisotopic (exact) mass is 652 g/mol. The van der Waals surface area contributed by atoms with Crippen LogP contribution in [0.1, 0.15) is 64.0 Å². The van der Waals surface area contributed by atoms with Crippen LogP contribution in [0.3, 0.4) is 0 Å². The number of ether oxygens (including phenoxy) is 2. The lowest BCUT2D eigenvalue weighted by Crippen LogP contribution is -2.27. The van der Waals surface area contributed by atoms with Crippen molar-refractivity contribution in [1.29, 1.82) is 0 Å². The molecule has 0 saturated carbocycles. The molecule has 3 aromatic heterocycles. The normalized spacial score (nSPS) is 16.4. The molecular formula is C33H31ClF2N4O4S. The zero-order valence-corrected chi connectivity index (χ0v) is 26.7. The molecule has 0 bridgehead atoms. The minimum absolute atomic E-state index is 0.0215. The van der Waals surface area contributed by atoms with Gasteiger partial charge in [-0.05, 0) is 48.4 Å². The number of halogens is 3. The molecule has 6 rings (SSSR count). The highest BCUT2D eigenvalue weighted by Crippen LogP contribution is 2.41. The first-order chi connectivity index (χ1) is 21.3. The van der Waals surface area contributed by atoms with E-state index < -0.39 is 11.9 Å².